The number of rotatable bonds is 8. The van der Waals surface area contributed by atoms with Gasteiger partial charge >= 0.3 is 0 Å². The van der Waals surface area contributed by atoms with Crippen LogP contribution in [0.1, 0.15) is 32.8 Å². The fraction of sp³-hybridized carbons (Fsp3) is 0.600. The van der Waals surface area contributed by atoms with Gasteiger partial charge in [-0.2, -0.15) is 11.8 Å². The van der Waals surface area contributed by atoms with E-state index in [0.29, 0.717) is 6.54 Å². The minimum Gasteiger partial charge on any atom is -0.493 e. The molecule has 18 heavy (non-hydrogen) atoms. The van der Waals surface area contributed by atoms with Crippen molar-refractivity contribution < 1.29 is 4.74 Å². The zero-order valence-electron chi connectivity index (χ0n) is 11.7. The molecule has 0 aliphatic rings. The fourth-order valence-electron chi connectivity index (χ4n) is 1.52. The van der Waals surface area contributed by atoms with Crippen LogP contribution in [0.15, 0.2) is 24.3 Å². The van der Waals surface area contributed by atoms with Gasteiger partial charge < -0.3 is 10.5 Å². The van der Waals surface area contributed by atoms with E-state index in [1.54, 1.807) is 0 Å². The first-order valence-electron chi connectivity index (χ1n) is 6.67. The molecule has 0 heterocycles. The Morgan fingerprint density at radius 2 is 1.94 bits per heavy atom. The normalized spacial score (nSPS) is 12.7. The summed E-state index contributed by atoms with van der Waals surface area (Å²) in [5.41, 5.74) is 6.75. The van der Waals surface area contributed by atoms with Gasteiger partial charge in [-0.3, -0.25) is 0 Å². The molecule has 102 valence electrons. The zero-order valence-corrected chi connectivity index (χ0v) is 12.5. The first-order chi connectivity index (χ1) is 8.65. The van der Waals surface area contributed by atoms with Gasteiger partial charge in [0.05, 0.1) is 6.61 Å². The van der Waals surface area contributed by atoms with Crippen LogP contribution in [0.2, 0.25) is 0 Å². The molecule has 1 aromatic rings. The van der Waals surface area contributed by atoms with Crippen LogP contribution in [0.25, 0.3) is 0 Å². The van der Waals surface area contributed by atoms with Crippen LogP contribution in [-0.4, -0.2) is 17.6 Å². The summed E-state index contributed by atoms with van der Waals surface area (Å²) in [6.45, 7) is 8.14. The Morgan fingerprint density at radius 3 is 2.61 bits per heavy atom. The van der Waals surface area contributed by atoms with Gasteiger partial charge in [-0.25, -0.2) is 0 Å². The van der Waals surface area contributed by atoms with Crippen LogP contribution in [0.5, 0.6) is 5.75 Å². The van der Waals surface area contributed by atoms with E-state index in [9.17, 15) is 0 Å². The van der Waals surface area contributed by atoms with E-state index in [1.165, 1.54) is 0 Å². The van der Waals surface area contributed by atoms with Crippen LogP contribution < -0.4 is 10.5 Å². The fourth-order valence-corrected chi connectivity index (χ4v) is 2.56. The van der Waals surface area contributed by atoms with Gasteiger partial charge in [0.25, 0.3) is 0 Å². The number of benzene rings is 1. The van der Waals surface area contributed by atoms with E-state index in [2.05, 4.69) is 20.8 Å². The van der Waals surface area contributed by atoms with Crippen molar-refractivity contribution in [1.29, 1.82) is 0 Å². The minimum absolute atomic E-state index is 0.537. The molecule has 0 aliphatic heterocycles. The molecule has 0 saturated heterocycles. The standard InChI is InChI=1S/C15H25NOS/c1-12(2)13(3)18-10-6-9-17-15-8-5-4-7-14(15)11-16/h4-5,7-8,12-13H,6,9-11,16H2,1-3H3. The molecule has 0 bridgehead atoms. The molecule has 1 rings (SSSR count). The average molecular weight is 267 g/mol. The second-order valence-corrected chi connectivity index (χ2v) is 6.32. The summed E-state index contributed by atoms with van der Waals surface area (Å²) in [6.07, 6.45) is 1.08. The lowest BCUT2D eigenvalue weighted by Crippen LogP contribution is -2.08. The van der Waals surface area contributed by atoms with Crippen LogP contribution in [0, 0.1) is 5.92 Å². The number of thioether (sulfide) groups is 1. The van der Waals surface area contributed by atoms with E-state index >= 15 is 0 Å². The van der Waals surface area contributed by atoms with Crippen LogP contribution >= 0.6 is 11.8 Å². The second kappa shape index (κ2) is 8.44. The molecular formula is C15H25NOS. The Kier molecular flexibility index (Phi) is 7.21. The first-order valence-corrected chi connectivity index (χ1v) is 7.72. The maximum atomic E-state index is 5.78. The van der Waals surface area contributed by atoms with Crippen LogP contribution in [-0.2, 0) is 6.54 Å². The highest BCUT2D eigenvalue weighted by atomic mass is 32.2. The van der Waals surface area contributed by atoms with E-state index < -0.39 is 0 Å². The van der Waals surface area contributed by atoms with E-state index in [1.807, 2.05) is 36.0 Å². The molecule has 2 N–H and O–H groups in total. The second-order valence-electron chi connectivity index (χ2n) is 4.83. The zero-order chi connectivity index (χ0) is 13.4. The number of hydrogen-bond donors (Lipinski definition) is 1. The molecule has 0 aromatic heterocycles. The van der Waals surface area contributed by atoms with E-state index in [0.717, 1.165) is 41.3 Å². The number of ether oxygens (including phenoxy) is 1. The monoisotopic (exact) mass is 267 g/mol. The third kappa shape index (κ3) is 5.32. The molecule has 0 spiro atoms. The Morgan fingerprint density at radius 1 is 1.22 bits per heavy atom. The predicted molar refractivity (Wildman–Crippen MR) is 81.2 cm³/mol. The Bertz CT molecular complexity index is 341. The summed E-state index contributed by atoms with van der Waals surface area (Å²) >= 11 is 2.02. The summed E-state index contributed by atoms with van der Waals surface area (Å²) in [4.78, 5) is 0. The molecule has 0 aliphatic carbocycles. The molecule has 1 atom stereocenters. The van der Waals surface area contributed by atoms with Crippen molar-refractivity contribution in [3.8, 4) is 5.75 Å². The largest absolute Gasteiger partial charge is 0.493 e. The molecule has 2 nitrogen and oxygen atoms in total. The smallest absolute Gasteiger partial charge is 0.123 e. The minimum atomic E-state index is 0.537. The molecule has 0 saturated carbocycles. The molecule has 0 amide bonds. The summed E-state index contributed by atoms with van der Waals surface area (Å²) in [5.74, 6) is 2.83. The lowest BCUT2D eigenvalue weighted by atomic mass is 10.2. The van der Waals surface area contributed by atoms with E-state index in [4.69, 9.17) is 10.5 Å². The molecule has 0 fully saturated rings. The Balaban J connectivity index is 2.22. The average Bonchev–Trinajstić information content (AvgIpc) is 2.38. The molecule has 0 radical (unpaired) electrons. The van der Waals surface area contributed by atoms with Gasteiger partial charge in [-0.15, -0.1) is 0 Å². The SMILES string of the molecule is CC(C)C(C)SCCCOc1ccccc1CN. The van der Waals surface area contributed by atoms with Gasteiger partial charge in [-0.05, 0) is 24.2 Å². The summed E-state index contributed by atoms with van der Waals surface area (Å²) < 4.78 is 5.78. The molecule has 1 unspecified atom stereocenters. The van der Waals surface area contributed by atoms with Gasteiger partial charge in [0.15, 0.2) is 0 Å². The van der Waals surface area contributed by atoms with Crippen molar-refractivity contribution in [2.24, 2.45) is 11.7 Å². The van der Waals surface area contributed by atoms with Crippen molar-refractivity contribution in [2.75, 3.05) is 12.4 Å². The third-order valence-corrected chi connectivity index (χ3v) is 4.65. The van der Waals surface area contributed by atoms with Gasteiger partial charge in [0, 0.05) is 17.4 Å². The van der Waals surface area contributed by atoms with Crippen molar-refractivity contribution >= 4 is 11.8 Å². The highest BCUT2D eigenvalue weighted by Crippen LogP contribution is 2.20. The van der Waals surface area contributed by atoms with Crippen molar-refractivity contribution in [1.82, 2.24) is 0 Å². The van der Waals surface area contributed by atoms with Crippen LogP contribution in [0.4, 0.5) is 0 Å². The lowest BCUT2D eigenvalue weighted by Gasteiger charge is -2.15. The predicted octanol–water partition coefficient (Wildman–Crippen LogP) is 3.69. The first kappa shape index (κ1) is 15.4. The maximum absolute atomic E-state index is 5.78. The number of hydrogen-bond acceptors (Lipinski definition) is 3. The summed E-state index contributed by atoms with van der Waals surface area (Å²) in [5, 5.41) is 0.723. The van der Waals surface area contributed by atoms with Crippen molar-refractivity contribution in [3.63, 3.8) is 0 Å². The number of nitrogens with two attached hydrogens (primary N) is 1. The number of para-hydroxylation sites is 1. The molecule has 3 heteroatoms. The van der Waals surface area contributed by atoms with Crippen molar-refractivity contribution in [3.05, 3.63) is 29.8 Å². The maximum Gasteiger partial charge on any atom is 0.123 e. The van der Waals surface area contributed by atoms with Gasteiger partial charge in [0.2, 0.25) is 0 Å². The van der Waals surface area contributed by atoms with Crippen molar-refractivity contribution in [2.45, 2.75) is 39.0 Å². The molecule has 1 aromatic carbocycles. The van der Waals surface area contributed by atoms with Crippen LogP contribution in [0.3, 0.4) is 0 Å². The molecular weight excluding hydrogens is 242 g/mol. The third-order valence-electron chi connectivity index (χ3n) is 3.06. The lowest BCUT2D eigenvalue weighted by molar-refractivity contribution is 0.315. The quantitative estimate of drug-likeness (QED) is 0.730. The van der Waals surface area contributed by atoms with Gasteiger partial charge in [-0.1, -0.05) is 39.0 Å². The highest BCUT2D eigenvalue weighted by Gasteiger charge is 2.06. The Hall–Kier alpha value is -0.670. The summed E-state index contributed by atoms with van der Waals surface area (Å²) in [7, 11) is 0. The van der Waals surface area contributed by atoms with E-state index in [-0.39, 0.29) is 0 Å². The van der Waals surface area contributed by atoms with Gasteiger partial charge in [0.1, 0.15) is 5.75 Å². The highest BCUT2D eigenvalue weighted by molar-refractivity contribution is 7.99. The topological polar surface area (TPSA) is 35.2 Å². The summed E-state index contributed by atoms with van der Waals surface area (Å²) in [6, 6.07) is 8.00. The Labute approximate surface area is 115 Å².